The van der Waals surface area contributed by atoms with Crippen LogP contribution < -0.4 is 4.72 Å². The fourth-order valence-corrected chi connectivity index (χ4v) is 3.51. The van der Waals surface area contributed by atoms with Gasteiger partial charge in [0.2, 0.25) is 10.0 Å². The maximum absolute atomic E-state index is 13.3. The van der Waals surface area contributed by atoms with Crippen LogP contribution in [0.1, 0.15) is 38.8 Å². The van der Waals surface area contributed by atoms with Crippen LogP contribution in [0.3, 0.4) is 0 Å². The third-order valence-electron chi connectivity index (χ3n) is 3.75. The Labute approximate surface area is 121 Å². The van der Waals surface area contributed by atoms with Crippen LogP contribution in [0.4, 0.5) is 4.39 Å². The summed E-state index contributed by atoms with van der Waals surface area (Å²) in [6.45, 7) is 11.8. The molecular weight excluding hydrogens is 277 g/mol. The maximum Gasteiger partial charge on any atom is 0.241 e. The molecule has 0 amide bonds. The summed E-state index contributed by atoms with van der Waals surface area (Å²) in [5.41, 5.74) is 0.881. The molecule has 5 heteroatoms. The van der Waals surface area contributed by atoms with E-state index < -0.39 is 15.8 Å². The molecule has 20 heavy (non-hydrogen) atoms. The molecule has 0 aliphatic carbocycles. The van der Waals surface area contributed by atoms with Crippen LogP contribution >= 0.6 is 0 Å². The Kier molecular flexibility index (Phi) is 4.98. The van der Waals surface area contributed by atoms with Gasteiger partial charge in [0, 0.05) is 6.54 Å². The van der Waals surface area contributed by atoms with Crippen molar-refractivity contribution in [3.05, 3.63) is 29.1 Å². The van der Waals surface area contributed by atoms with Crippen LogP contribution in [0.25, 0.3) is 0 Å². The quantitative estimate of drug-likeness (QED) is 0.926. The van der Waals surface area contributed by atoms with Crippen LogP contribution in [-0.2, 0) is 10.0 Å². The molecule has 3 nitrogen and oxygen atoms in total. The molecule has 0 radical (unpaired) electrons. The SMILES string of the molecule is Cc1cc(F)cc(C)c1S(=O)(=O)NCC(C)C(C)(C)C. The van der Waals surface area contributed by atoms with E-state index in [1.54, 1.807) is 13.8 Å². The molecule has 0 saturated heterocycles. The second-order valence-corrected chi connectivity index (χ2v) is 8.19. The highest BCUT2D eigenvalue weighted by atomic mass is 32.2. The van der Waals surface area contributed by atoms with Gasteiger partial charge in [-0.2, -0.15) is 0 Å². The largest absolute Gasteiger partial charge is 0.241 e. The van der Waals surface area contributed by atoms with Crippen molar-refractivity contribution in [1.82, 2.24) is 4.72 Å². The van der Waals surface area contributed by atoms with E-state index >= 15 is 0 Å². The van der Waals surface area contributed by atoms with Crippen molar-refractivity contribution in [1.29, 1.82) is 0 Å². The van der Waals surface area contributed by atoms with Gasteiger partial charge in [0.05, 0.1) is 4.90 Å². The highest BCUT2D eigenvalue weighted by Crippen LogP contribution is 2.26. The standard InChI is InChI=1S/C15H24FNO2S/c1-10-7-13(16)8-11(2)14(10)20(18,19)17-9-12(3)15(4,5)6/h7-8,12,17H,9H2,1-6H3. The number of sulfonamides is 1. The number of halogens is 1. The van der Waals surface area contributed by atoms with Crippen LogP contribution in [0, 0.1) is 31.0 Å². The molecule has 0 fully saturated rings. The van der Waals surface area contributed by atoms with Crippen molar-refractivity contribution in [2.45, 2.75) is 46.4 Å². The highest BCUT2D eigenvalue weighted by Gasteiger charge is 2.24. The smallest absolute Gasteiger partial charge is 0.211 e. The third-order valence-corrected chi connectivity index (χ3v) is 5.48. The first-order valence-corrected chi connectivity index (χ1v) is 8.20. The van der Waals surface area contributed by atoms with Gasteiger partial charge < -0.3 is 0 Å². The number of aryl methyl sites for hydroxylation is 2. The van der Waals surface area contributed by atoms with Crippen molar-refractivity contribution < 1.29 is 12.8 Å². The van der Waals surface area contributed by atoms with Gasteiger partial charge in [-0.25, -0.2) is 17.5 Å². The summed E-state index contributed by atoms with van der Waals surface area (Å²) in [6.07, 6.45) is 0. The van der Waals surface area contributed by atoms with Crippen LogP contribution in [0.15, 0.2) is 17.0 Å². The molecule has 0 aliphatic rings. The summed E-state index contributed by atoms with van der Waals surface area (Å²) in [7, 11) is -3.61. The van der Waals surface area contributed by atoms with Crippen LogP contribution in [-0.4, -0.2) is 15.0 Å². The Bertz CT molecular complexity index is 565. The molecular formula is C15H24FNO2S. The molecule has 1 unspecified atom stereocenters. The average molecular weight is 301 g/mol. The molecule has 0 saturated carbocycles. The zero-order chi connectivity index (χ0) is 15.7. The lowest BCUT2D eigenvalue weighted by Crippen LogP contribution is -2.34. The monoisotopic (exact) mass is 301 g/mol. The van der Waals surface area contributed by atoms with Gasteiger partial charge in [-0.1, -0.05) is 27.7 Å². The molecule has 1 aromatic carbocycles. The predicted molar refractivity (Wildman–Crippen MR) is 79.7 cm³/mol. The minimum Gasteiger partial charge on any atom is -0.211 e. The molecule has 0 spiro atoms. The summed E-state index contributed by atoms with van der Waals surface area (Å²) in [5.74, 6) is -0.222. The first-order chi connectivity index (χ1) is 8.95. The normalized spacial score (nSPS) is 14.3. The fourth-order valence-electron chi connectivity index (χ4n) is 1.93. The van der Waals surface area contributed by atoms with Crippen LogP contribution in [0.5, 0.6) is 0 Å². The van der Waals surface area contributed by atoms with Gasteiger partial charge in [0.15, 0.2) is 0 Å². The van der Waals surface area contributed by atoms with E-state index in [-0.39, 0.29) is 16.2 Å². The molecule has 0 bridgehead atoms. The van der Waals surface area contributed by atoms with E-state index in [0.29, 0.717) is 17.7 Å². The minimum absolute atomic E-state index is 0.0232. The third kappa shape index (κ3) is 4.03. The number of hydrogen-bond donors (Lipinski definition) is 1. The molecule has 1 N–H and O–H groups in total. The summed E-state index contributed by atoms with van der Waals surface area (Å²) < 4.78 is 40.7. The van der Waals surface area contributed by atoms with Crippen molar-refractivity contribution >= 4 is 10.0 Å². The topological polar surface area (TPSA) is 46.2 Å². The highest BCUT2D eigenvalue weighted by molar-refractivity contribution is 7.89. The van der Waals surface area contributed by atoms with Crippen molar-refractivity contribution in [3.63, 3.8) is 0 Å². The Morgan fingerprint density at radius 2 is 1.65 bits per heavy atom. The van der Waals surface area contributed by atoms with Crippen molar-refractivity contribution in [2.24, 2.45) is 11.3 Å². The van der Waals surface area contributed by atoms with Gasteiger partial charge in [-0.05, 0) is 48.4 Å². The van der Waals surface area contributed by atoms with E-state index in [4.69, 9.17) is 0 Å². The van der Waals surface area contributed by atoms with Gasteiger partial charge in [-0.3, -0.25) is 0 Å². The fraction of sp³-hybridized carbons (Fsp3) is 0.600. The van der Waals surface area contributed by atoms with E-state index in [2.05, 4.69) is 25.5 Å². The molecule has 1 rings (SSSR count). The number of benzene rings is 1. The molecule has 1 aromatic rings. The molecule has 0 heterocycles. The van der Waals surface area contributed by atoms with E-state index in [1.165, 1.54) is 12.1 Å². The Hall–Kier alpha value is -0.940. The number of hydrogen-bond acceptors (Lipinski definition) is 2. The van der Waals surface area contributed by atoms with E-state index in [9.17, 15) is 12.8 Å². The molecule has 0 aromatic heterocycles. The Balaban J connectivity index is 3.02. The number of rotatable bonds is 4. The molecule has 1 atom stereocenters. The average Bonchev–Trinajstić information content (AvgIpc) is 2.22. The zero-order valence-corrected chi connectivity index (χ0v) is 13.9. The first kappa shape index (κ1) is 17.1. The first-order valence-electron chi connectivity index (χ1n) is 6.71. The lowest BCUT2D eigenvalue weighted by Gasteiger charge is -2.27. The van der Waals surface area contributed by atoms with Gasteiger partial charge in [0.25, 0.3) is 0 Å². The van der Waals surface area contributed by atoms with Crippen molar-refractivity contribution in [2.75, 3.05) is 6.54 Å². The van der Waals surface area contributed by atoms with Gasteiger partial charge >= 0.3 is 0 Å². The minimum atomic E-state index is -3.61. The molecule has 0 aliphatic heterocycles. The van der Waals surface area contributed by atoms with Gasteiger partial charge in [-0.15, -0.1) is 0 Å². The Morgan fingerprint density at radius 3 is 2.05 bits per heavy atom. The second kappa shape index (κ2) is 5.82. The summed E-state index contributed by atoms with van der Waals surface area (Å²) in [6, 6.07) is 2.49. The zero-order valence-electron chi connectivity index (χ0n) is 13.0. The maximum atomic E-state index is 13.3. The van der Waals surface area contributed by atoms with Crippen LogP contribution in [0.2, 0.25) is 0 Å². The summed E-state index contributed by atoms with van der Waals surface area (Å²) in [5, 5.41) is 0. The second-order valence-electron chi connectivity index (χ2n) is 6.49. The Morgan fingerprint density at radius 1 is 1.20 bits per heavy atom. The van der Waals surface area contributed by atoms with Crippen molar-refractivity contribution in [3.8, 4) is 0 Å². The number of nitrogens with one attached hydrogen (secondary N) is 1. The molecule has 114 valence electrons. The summed E-state index contributed by atoms with van der Waals surface area (Å²) >= 11 is 0. The van der Waals surface area contributed by atoms with E-state index in [0.717, 1.165) is 0 Å². The van der Waals surface area contributed by atoms with E-state index in [1.807, 2.05) is 6.92 Å². The lowest BCUT2D eigenvalue weighted by atomic mass is 9.82. The predicted octanol–water partition coefficient (Wildman–Crippen LogP) is 3.40. The lowest BCUT2D eigenvalue weighted by molar-refractivity contribution is 0.263. The van der Waals surface area contributed by atoms with Gasteiger partial charge in [0.1, 0.15) is 5.82 Å². The summed E-state index contributed by atoms with van der Waals surface area (Å²) in [4.78, 5) is 0.181.